The molecule has 106 valence electrons. The Bertz CT molecular complexity index is 571. The van der Waals surface area contributed by atoms with Crippen molar-refractivity contribution >= 4 is 31.6 Å². The number of hydrogen-bond acceptors (Lipinski definition) is 3. The number of hydrogen-bond donors (Lipinski definition) is 1. The van der Waals surface area contributed by atoms with Gasteiger partial charge in [-0.1, -0.05) is 0 Å². The fourth-order valence-electron chi connectivity index (χ4n) is 1.99. The third-order valence-electron chi connectivity index (χ3n) is 2.96. The second-order valence-electron chi connectivity index (χ2n) is 4.60. The smallest absolute Gasteiger partial charge is 0.235 e. The van der Waals surface area contributed by atoms with Gasteiger partial charge in [-0.2, -0.15) is 0 Å². The van der Waals surface area contributed by atoms with E-state index < -0.39 is 15.8 Å². The van der Waals surface area contributed by atoms with E-state index in [9.17, 15) is 12.8 Å². The molecule has 1 aliphatic heterocycles. The van der Waals surface area contributed by atoms with Crippen molar-refractivity contribution in [3.63, 3.8) is 0 Å². The highest BCUT2D eigenvalue weighted by atomic mass is 79.9. The van der Waals surface area contributed by atoms with E-state index in [1.807, 2.05) is 0 Å². The van der Waals surface area contributed by atoms with E-state index in [0.717, 1.165) is 12.8 Å². The maximum absolute atomic E-state index is 13.4. The lowest BCUT2D eigenvalue weighted by Crippen LogP contribution is -2.26. The average molecular weight is 352 g/mol. The fourth-order valence-corrected chi connectivity index (χ4v) is 3.83. The van der Waals surface area contributed by atoms with Gasteiger partial charge >= 0.3 is 0 Å². The number of anilines is 1. The number of aryl methyl sites for hydroxylation is 1. The highest BCUT2D eigenvalue weighted by Crippen LogP contribution is 2.25. The van der Waals surface area contributed by atoms with Gasteiger partial charge in [0, 0.05) is 6.61 Å². The SMILES string of the molecule is Cc1cc(Br)c(F)cc1NS(=O)(=O)CC1CCCO1. The lowest BCUT2D eigenvalue weighted by atomic mass is 10.2. The normalized spacial score (nSPS) is 19.6. The molecule has 0 amide bonds. The van der Waals surface area contributed by atoms with Crippen LogP contribution < -0.4 is 4.72 Å². The Morgan fingerprint density at radius 2 is 2.26 bits per heavy atom. The van der Waals surface area contributed by atoms with Crippen LogP contribution in [0.25, 0.3) is 0 Å². The highest BCUT2D eigenvalue weighted by Gasteiger charge is 2.23. The minimum atomic E-state index is -3.53. The van der Waals surface area contributed by atoms with Crippen molar-refractivity contribution in [1.29, 1.82) is 0 Å². The van der Waals surface area contributed by atoms with Gasteiger partial charge in [-0.3, -0.25) is 4.72 Å². The third-order valence-corrected chi connectivity index (χ3v) is 4.91. The van der Waals surface area contributed by atoms with Crippen molar-refractivity contribution in [3.05, 3.63) is 28.0 Å². The first-order valence-corrected chi connectivity index (χ1v) is 8.39. The molecule has 1 aromatic carbocycles. The van der Waals surface area contributed by atoms with Crippen LogP contribution in [0.3, 0.4) is 0 Å². The molecular formula is C12H15BrFNO3S. The summed E-state index contributed by atoms with van der Waals surface area (Å²) in [6.07, 6.45) is 1.36. The summed E-state index contributed by atoms with van der Waals surface area (Å²) in [5.41, 5.74) is 0.919. The topological polar surface area (TPSA) is 55.4 Å². The number of nitrogens with one attached hydrogen (secondary N) is 1. The van der Waals surface area contributed by atoms with E-state index in [1.165, 1.54) is 6.07 Å². The summed E-state index contributed by atoms with van der Waals surface area (Å²) in [7, 11) is -3.53. The summed E-state index contributed by atoms with van der Waals surface area (Å²) in [6, 6.07) is 2.71. The van der Waals surface area contributed by atoms with Crippen LogP contribution in [0.4, 0.5) is 10.1 Å². The van der Waals surface area contributed by atoms with E-state index in [1.54, 1.807) is 13.0 Å². The van der Waals surface area contributed by atoms with Crippen LogP contribution in [0.15, 0.2) is 16.6 Å². The number of rotatable bonds is 4. The Kier molecular flexibility index (Phi) is 4.47. The molecule has 0 aliphatic carbocycles. The van der Waals surface area contributed by atoms with Crippen LogP contribution in [0.1, 0.15) is 18.4 Å². The standard InChI is InChI=1S/C12H15BrFNO3S/c1-8-5-10(13)11(14)6-12(8)15-19(16,17)7-9-3-2-4-18-9/h5-6,9,15H,2-4,7H2,1H3. The predicted octanol–water partition coefficient (Wildman–Crippen LogP) is 2.82. The molecular weight excluding hydrogens is 337 g/mol. The quantitative estimate of drug-likeness (QED) is 0.907. The Hall–Kier alpha value is -0.660. The van der Waals surface area contributed by atoms with Gasteiger partial charge in [0.1, 0.15) is 5.82 Å². The molecule has 4 nitrogen and oxygen atoms in total. The van der Waals surface area contributed by atoms with Crippen LogP contribution in [-0.4, -0.2) is 26.9 Å². The van der Waals surface area contributed by atoms with Crippen LogP contribution in [0, 0.1) is 12.7 Å². The van der Waals surface area contributed by atoms with E-state index >= 15 is 0 Å². The zero-order chi connectivity index (χ0) is 14.0. The fraction of sp³-hybridized carbons (Fsp3) is 0.500. The second-order valence-corrected chi connectivity index (χ2v) is 7.22. The first-order chi connectivity index (χ1) is 8.87. The van der Waals surface area contributed by atoms with Crippen LogP contribution in [0.5, 0.6) is 0 Å². The zero-order valence-corrected chi connectivity index (χ0v) is 12.9. The average Bonchev–Trinajstić information content (AvgIpc) is 2.77. The van der Waals surface area contributed by atoms with Crippen molar-refractivity contribution in [2.24, 2.45) is 0 Å². The lowest BCUT2D eigenvalue weighted by Gasteiger charge is -2.14. The van der Waals surface area contributed by atoms with Crippen molar-refractivity contribution in [2.75, 3.05) is 17.1 Å². The van der Waals surface area contributed by atoms with E-state index in [2.05, 4.69) is 20.7 Å². The molecule has 1 N–H and O–H groups in total. The monoisotopic (exact) mass is 351 g/mol. The van der Waals surface area contributed by atoms with Gasteiger partial charge in [-0.05, 0) is 53.4 Å². The molecule has 0 saturated carbocycles. The summed E-state index contributed by atoms with van der Waals surface area (Å²) in [4.78, 5) is 0. The summed E-state index contributed by atoms with van der Waals surface area (Å²) in [5.74, 6) is -0.593. The molecule has 0 bridgehead atoms. The molecule has 7 heteroatoms. The first-order valence-electron chi connectivity index (χ1n) is 5.95. The molecule has 1 heterocycles. The molecule has 1 aromatic rings. The maximum atomic E-state index is 13.4. The Morgan fingerprint density at radius 3 is 2.89 bits per heavy atom. The Morgan fingerprint density at radius 1 is 1.53 bits per heavy atom. The minimum Gasteiger partial charge on any atom is -0.377 e. The van der Waals surface area contributed by atoms with Gasteiger partial charge in [0.05, 0.1) is 22.0 Å². The third kappa shape index (κ3) is 3.90. The molecule has 1 fully saturated rings. The summed E-state index contributed by atoms with van der Waals surface area (Å²) in [6.45, 7) is 2.32. The number of sulfonamides is 1. The van der Waals surface area contributed by atoms with Gasteiger partial charge in [0.15, 0.2) is 0 Å². The van der Waals surface area contributed by atoms with E-state index in [4.69, 9.17) is 4.74 Å². The van der Waals surface area contributed by atoms with Crippen LogP contribution in [0.2, 0.25) is 0 Å². The van der Waals surface area contributed by atoms with Gasteiger partial charge in [0.2, 0.25) is 10.0 Å². The van der Waals surface area contributed by atoms with Gasteiger partial charge in [-0.25, -0.2) is 12.8 Å². The van der Waals surface area contributed by atoms with Crippen LogP contribution >= 0.6 is 15.9 Å². The van der Waals surface area contributed by atoms with Gasteiger partial charge < -0.3 is 4.74 Å². The highest BCUT2D eigenvalue weighted by molar-refractivity contribution is 9.10. The minimum absolute atomic E-state index is 0.0931. The molecule has 0 spiro atoms. The lowest BCUT2D eigenvalue weighted by molar-refractivity contribution is 0.127. The summed E-state index contributed by atoms with van der Waals surface area (Å²) < 4.78 is 45.4. The molecule has 1 atom stereocenters. The number of halogens is 2. The van der Waals surface area contributed by atoms with Gasteiger partial charge in [0.25, 0.3) is 0 Å². The van der Waals surface area contributed by atoms with Crippen molar-refractivity contribution in [2.45, 2.75) is 25.9 Å². The Labute approximate surface area is 120 Å². The Balaban J connectivity index is 2.13. The molecule has 0 radical (unpaired) electrons. The zero-order valence-electron chi connectivity index (χ0n) is 10.4. The maximum Gasteiger partial charge on any atom is 0.235 e. The number of benzene rings is 1. The summed E-state index contributed by atoms with van der Waals surface area (Å²) in [5, 5.41) is 0. The van der Waals surface area contributed by atoms with Gasteiger partial charge in [-0.15, -0.1) is 0 Å². The molecule has 1 aliphatic rings. The molecule has 19 heavy (non-hydrogen) atoms. The van der Waals surface area contributed by atoms with Crippen LogP contribution in [-0.2, 0) is 14.8 Å². The van der Waals surface area contributed by atoms with E-state index in [-0.39, 0.29) is 17.5 Å². The van der Waals surface area contributed by atoms with Crippen molar-refractivity contribution < 1.29 is 17.5 Å². The van der Waals surface area contributed by atoms with Crippen molar-refractivity contribution in [3.8, 4) is 0 Å². The summed E-state index contributed by atoms with van der Waals surface area (Å²) >= 11 is 3.06. The first kappa shape index (κ1) is 14.7. The molecule has 2 rings (SSSR count). The molecule has 1 saturated heterocycles. The molecule has 1 unspecified atom stereocenters. The largest absolute Gasteiger partial charge is 0.377 e. The molecule has 0 aromatic heterocycles. The van der Waals surface area contributed by atoms with E-state index in [0.29, 0.717) is 16.6 Å². The second kappa shape index (κ2) is 5.76. The predicted molar refractivity (Wildman–Crippen MR) is 75.2 cm³/mol. The number of ether oxygens (including phenoxy) is 1. The van der Waals surface area contributed by atoms with Crippen molar-refractivity contribution in [1.82, 2.24) is 0 Å².